The number of benzene rings is 2. The standard InChI is InChI=1S/C20H18ClF3N4OS2/c21-15-4-19(31(29)27-20-10-30-11-26-20)17(24)5-18(15)25-6-14-12(2-1-3-16(14)23)7-28-8-13(22)9-28/h1-5,10-11,13,25,27H,6-9H2. The van der Waals surface area contributed by atoms with Crippen LogP contribution in [0.4, 0.5) is 24.7 Å². The van der Waals surface area contributed by atoms with Gasteiger partial charge in [-0.3, -0.25) is 9.62 Å². The van der Waals surface area contributed by atoms with Gasteiger partial charge in [-0.25, -0.2) is 22.4 Å². The third-order valence-electron chi connectivity index (χ3n) is 4.83. The molecule has 1 unspecified atom stereocenters. The summed E-state index contributed by atoms with van der Waals surface area (Å²) in [6.07, 6.45) is -0.842. The van der Waals surface area contributed by atoms with Crippen LogP contribution < -0.4 is 10.0 Å². The largest absolute Gasteiger partial charge is 0.380 e. The van der Waals surface area contributed by atoms with Crippen LogP contribution in [0.25, 0.3) is 0 Å². The van der Waals surface area contributed by atoms with Gasteiger partial charge in [-0.15, -0.1) is 11.3 Å². The minimum absolute atomic E-state index is 0.0631. The molecule has 0 radical (unpaired) electrons. The molecule has 0 spiro atoms. The van der Waals surface area contributed by atoms with Gasteiger partial charge in [0.05, 0.1) is 21.1 Å². The van der Waals surface area contributed by atoms with Crippen molar-refractivity contribution < 1.29 is 17.4 Å². The van der Waals surface area contributed by atoms with Crippen molar-refractivity contribution in [2.24, 2.45) is 0 Å². The number of hydrogen-bond acceptors (Lipinski definition) is 5. The molecule has 164 valence electrons. The van der Waals surface area contributed by atoms with Crippen LogP contribution in [0, 0.1) is 11.6 Å². The summed E-state index contributed by atoms with van der Waals surface area (Å²) in [5, 5.41) is 4.74. The number of halogens is 4. The molecule has 0 amide bonds. The number of alkyl halides is 1. The van der Waals surface area contributed by atoms with Crippen LogP contribution in [0.1, 0.15) is 11.1 Å². The van der Waals surface area contributed by atoms with Crippen LogP contribution in [0.2, 0.25) is 5.02 Å². The fourth-order valence-electron chi connectivity index (χ4n) is 3.23. The van der Waals surface area contributed by atoms with Crippen molar-refractivity contribution in [1.29, 1.82) is 0 Å². The maximum Gasteiger partial charge on any atom is 0.154 e. The Morgan fingerprint density at radius 2 is 2.06 bits per heavy atom. The maximum atomic E-state index is 14.6. The Hall–Kier alpha value is -2.14. The molecule has 0 saturated carbocycles. The Kier molecular flexibility index (Phi) is 6.80. The highest BCUT2D eigenvalue weighted by molar-refractivity contribution is 7.86. The molecule has 2 heterocycles. The van der Waals surface area contributed by atoms with Crippen molar-refractivity contribution >= 4 is 45.4 Å². The molecule has 1 aliphatic rings. The first-order chi connectivity index (χ1) is 14.9. The minimum atomic E-state index is -1.88. The predicted octanol–water partition coefficient (Wildman–Crippen LogP) is 4.98. The molecule has 0 aliphatic carbocycles. The van der Waals surface area contributed by atoms with E-state index in [9.17, 15) is 17.4 Å². The van der Waals surface area contributed by atoms with E-state index in [0.29, 0.717) is 31.0 Å². The van der Waals surface area contributed by atoms with E-state index in [1.807, 2.05) is 4.90 Å². The van der Waals surface area contributed by atoms with Gasteiger partial charge in [-0.05, 0) is 23.8 Å². The molecule has 1 atom stereocenters. The van der Waals surface area contributed by atoms with Crippen molar-refractivity contribution in [2.75, 3.05) is 23.1 Å². The zero-order valence-electron chi connectivity index (χ0n) is 16.1. The lowest BCUT2D eigenvalue weighted by Crippen LogP contribution is -2.47. The van der Waals surface area contributed by atoms with Gasteiger partial charge in [0, 0.05) is 37.1 Å². The molecule has 3 aromatic rings. The fourth-order valence-corrected chi connectivity index (χ4v) is 4.96. The lowest BCUT2D eigenvalue weighted by molar-refractivity contribution is 0.0588. The molecule has 11 heteroatoms. The lowest BCUT2D eigenvalue weighted by atomic mass is 10.0. The number of hydrogen-bond donors (Lipinski definition) is 2. The summed E-state index contributed by atoms with van der Waals surface area (Å²) in [6.45, 7) is 1.15. The van der Waals surface area contributed by atoms with Gasteiger partial charge in [-0.2, -0.15) is 0 Å². The Labute approximate surface area is 188 Å². The molecule has 1 saturated heterocycles. The van der Waals surface area contributed by atoms with Crippen molar-refractivity contribution in [1.82, 2.24) is 9.88 Å². The Morgan fingerprint density at radius 3 is 2.77 bits per heavy atom. The Balaban J connectivity index is 1.48. The molecule has 4 rings (SSSR count). The second-order valence-electron chi connectivity index (χ2n) is 7.03. The van der Waals surface area contributed by atoms with E-state index >= 15 is 0 Å². The Bertz CT molecular complexity index is 1090. The summed E-state index contributed by atoms with van der Waals surface area (Å²) in [5.74, 6) is -0.769. The molecule has 0 bridgehead atoms. The fraction of sp³-hybridized carbons (Fsp3) is 0.250. The number of thiazole rings is 1. The molecule has 1 aliphatic heterocycles. The molecular weight excluding hydrogens is 469 g/mol. The number of anilines is 2. The highest BCUT2D eigenvalue weighted by Crippen LogP contribution is 2.29. The van der Waals surface area contributed by atoms with E-state index in [1.54, 1.807) is 23.0 Å². The van der Waals surface area contributed by atoms with Crippen molar-refractivity contribution in [3.63, 3.8) is 0 Å². The summed E-state index contributed by atoms with van der Waals surface area (Å²) in [7, 11) is -1.88. The van der Waals surface area contributed by atoms with Crippen LogP contribution >= 0.6 is 22.9 Å². The lowest BCUT2D eigenvalue weighted by Gasteiger charge is -2.34. The van der Waals surface area contributed by atoms with Gasteiger partial charge < -0.3 is 5.32 Å². The number of rotatable bonds is 8. The SMILES string of the molecule is O=S(Nc1cscn1)c1cc(Cl)c(NCc2c(F)cccc2CN2CC(F)C2)cc1F. The van der Waals surface area contributed by atoms with Gasteiger partial charge in [-0.1, -0.05) is 23.7 Å². The van der Waals surface area contributed by atoms with Gasteiger partial charge in [0.25, 0.3) is 0 Å². The first kappa shape index (κ1) is 22.1. The highest BCUT2D eigenvalue weighted by Gasteiger charge is 2.26. The van der Waals surface area contributed by atoms with Crippen LogP contribution in [0.15, 0.2) is 46.1 Å². The van der Waals surface area contributed by atoms with Crippen LogP contribution in [0.3, 0.4) is 0 Å². The summed E-state index contributed by atoms with van der Waals surface area (Å²) in [5.41, 5.74) is 2.93. The molecule has 1 aromatic heterocycles. The number of aromatic nitrogens is 1. The number of likely N-dealkylation sites (tertiary alicyclic amines) is 1. The van der Waals surface area contributed by atoms with Gasteiger partial charge in [0.15, 0.2) is 11.0 Å². The second kappa shape index (κ2) is 9.56. The summed E-state index contributed by atoms with van der Waals surface area (Å²) < 4.78 is 57.1. The zero-order chi connectivity index (χ0) is 22.0. The van der Waals surface area contributed by atoms with Crippen LogP contribution in [-0.2, 0) is 24.1 Å². The minimum Gasteiger partial charge on any atom is -0.380 e. The van der Waals surface area contributed by atoms with Gasteiger partial charge in [0.1, 0.15) is 23.6 Å². The van der Waals surface area contributed by atoms with Crippen molar-refractivity contribution in [2.45, 2.75) is 24.2 Å². The average molecular weight is 487 g/mol. The monoisotopic (exact) mass is 486 g/mol. The predicted molar refractivity (Wildman–Crippen MR) is 117 cm³/mol. The summed E-state index contributed by atoms with van der Waals surface area (Å²) in [6, 6.07) is 7.12. The van der Waals surface area contributed by atoms with E-state index in [-0.39, 0.29) is 22.2 Å². The number of nitrogens with one attached hydrogen (secondary N) is 2. The molecule has 2 aromatic carbocycles. The van der Waals surface area contributed by atoms with Gasteiger partial charge >= 0.3 is 0 Å². The van der Waals surface area contributed by atoms with E-state index in [1.165, 1.54) is 23.5 Å². The molecule has 31 heavy (non-hydrogen) atoms. The van der Waals surface area contributed by atoms with E-state index < -0.39 is 28.8 Å². The Morgan fingerprint density at radius 1 is 1.26 bits per heavy atom. The molecule has 1 fully saturated rings. The third kappa shape index (κ3) is 5.20. The highest BCUT2D eigenvalue weighted by atomic mass is 35.5. The van der Waals surface area contributed by atoms with Crippen molar-refractivity contribution in [3.8, 4) is 0 Å². The third-order valence-corrected chi connectivity index (χ3v) is 6.83. The average Bonchev–Trinajstić information content (AvgIpc) is 3.21. The second-order valence-corrected chi connectivity index (χ2v) is 9.34. The molecule has 2 N–H and O–H groups in total. The first-order valence-corrected chi connectivity index (χ1v) is 11.8. The first-order valence-electron chi connectivity index (χ1n) is 9.33. The van der Waals surface area contributed by atoms with E-state index in [0.717, 1.165) is 11.6 Å². The van der Waals surface area contributed by atoms with Gasteiger partial charge in [0.2, 0.25) is 0 Å². The molecular formula is C20H18ClF3N4OS2. The number of nitrogens with zero attached hydrogens (tertiary/aromatic N) is 2. The van der Waals surface area contributed by atoms with Crippen LogP contribution in [-0.4, -0.2) is 33.4 Å². The quantitative estimate of drug-likeness (QED) is 0.472. The molecule has 5 nitrogen and oxygen atoms in total. The summed E-state index contributed by atoms with van der Waals surface area (Å²) >= 11 is 7.57. The smallest absolute Gasteiger partial charge is 0.154 e. The van der Waals surface area contributed by atoms with E-state index in [4.69, 9.17) is 11.6 Å². The van der Waals surface area contributed by atoms with Crippen molar-refractivity contribution in [3.05, 3.63) is 69.0 Å². The van der Waals surface area contributed by atoms with Crippen LogP contribution in [0.5, 0.6) is 0 Å². The van der Waals surface area contributed by atoms with E-state index in [2.05, 4.69) is 15.0 Å². The topological polar surface area (TPSA) is 57.3 Å². The zero-order valence-corrected chi connectivity index (χ0v) is 18.5. The maximum absolute atomic E-state index is 14.6. The normalized spacial score (nSPS) is 15.5. The summed E-state index contributed by atoms with van der Waals surface area (Å²) in [4.78, 5) is 5.72.